The molecular weight excluding hydrogens is 228 g/mol. The molecule has 2 nitrogen and oxygen atoms in total. The van der Waals surface area contributed by atoms with Crippen LogP contribution in [0.3, 0.4) is 0 Å². The summed E-state index contributed by atoms with van der Waals surface area (Å²) >= 11 is 0. The van der Waals surface area contributed by atoms with E-state index in [1.165, 1.54) is 6.07 Å². The minimum atomic E-state index is -4.53. The van der Waals surface area contributed by atoms with Gasteiger partial charge in [0.1, 0.15) is 5.82 Å². The fourth-order valence-corrected chi connectivity index (χ4v) is 1.03. The van der Waals surface area contributed by atoms with Gasteiger partial charge in [-0.25, -0.2) is 8.78 Å². The van der Waals surface area contributed by atoms with Crippen molar-refractivity contribution in [3.05, 3.63) is 35.6 Å². The van der Waals surface area contributed by atoms with E-state index in [1.54, 1.807) is 0 Å². The summed E-state index contributed by atoms with van der Waals surface area (Å²) in [6, 6.07) is 3.95. The summed E-state index contributed by atoms with van der Waals surface area (Å²) in [4.78, 5) is 21.6. The fourth-order valence-electron chi connectivity index (χ4n) is 1.03. The highest BCUT2D eigenvalue weighted by Gasteiger charge is 2.47. The van der Waals surface area contributed by atoms with Crippen LogP contribution in [0.15, 0.2) is 24.3 Å². The molecule has 0 aliphatic heterocycles. The van der Waals surface area contributed by atoms with E-state index in [4.69, 9.17) is 0 Å². The van der Waals surface area contributed by atoms with Gasteiger partial charge in [0.15, 0.2) is 6.67 Å². The molecule has 0 aliphatic rings. The standard InChI is InChI=1S/C10H6F4O2/c11-5-8(15)10(13,14)9(16)6-3-1-2-4-7(6)12/h1-4H,5H2. The summed E-state index contributed by atoms with van der Waals surface area (Å²) < 4.78 is 50.7. The van der Waals surface area contributed by atoms with E-state index in [2.05, 4.69) is 0 Å². The average molecular weight is 234 g/mol. The molecule has 6 heteroatoms. The monoisotopic (exact) mass is 234 g/mol. The molecule has 0 aromatic heterocycles. The van der Waals surface area contributed by atoms with E-state index < -0.39 is 35.5 Å². The largest absolute Gasteiger partial charge is 0.369 e. The third-order valence-electron chi connectivity index (χ3n) is 1.88. The molecule has 16 heavy (non-hydrogen) atoms. The van der Waals surface area contributed by atoms with Crippen LogP contribution in [0.1, 0.15) is 10.4 Å². The molecule has 0 N–H and O–H groups in total. The Morgan fingerprint density at radius 1 is 1.19 bits per heavy atom. The Kier molecular flexibility index (Phi) is 3.41. The smallest absolute Gasteiger partial charge is 0.289 e. The molecule has 0 saturated heterocycles. The number of ketones is 2. The zero-order valence-corrected chi connectivity index (χ0v) is 7.84. The lowest BCUT2D eigenvalue weighted by Gasteiger charge is -2.12. The highest BCUT2D eigenvalue weighted by molar-refractivity contribution is 6.16. The molecule has 0 radical (unpaired) electrons. The Labute approximate surface area is 87.9 Å². The molecule has 0 unspecified atom stereocenters. The molecule has 0 amide bonds. The van der Waals surface area contributed by atoms with Crippen LogP contribution in [0.25, 0.3) is 0 Å². The van der Waals surface area contributed by atoms with Crippen molar-refractivity contribution in [2.45, 2.75) is 5.92 Å². The minimum absolute atomic E-state index is 0.795. The predicted molar refractivity (Wildman–Crippen MR) is 46.7 cm³/mol. The second-order valence-electron chi connectivity index (χ2n) is 2.94. The summed E-state index contributed by atoms with van der Waals surface area (Å²) in [6.07, 6.45) is 0. The van der Waals surface area contributed by atoms with Gasteiger partial charge in [0.2, 0.25) is 11.6 Å². The van der Waals surface area contributed by atoms with Crippen molar-refractivity contribution in [3.63, 3.8) is 0 Å². The van der Waals surface area contributed by atoms with Gasteiger partial charge in [0.05, 0.1) is 5.56 Å². The van der Waals surface area contributed by atoms with Crippen molar-refractivity contribution < 1.29 is 27.2 Å². The van der Waals surface area contributed by atoms with Crippen LogP contribution in [0.4, 0.5) is 17.6 Å². The van der Waals surface area contributed by atoms with Crippen molar-refractivity contribution in [3.8, 4) is 0 Å². The van der Waals surface area contributed by atoms with E-state index >= 15 is 0 Å². The summed E-state index contributed by atoms with van der Waals surface area (Å²) in [5.41, 5.74) is -0.936. The van der Waals surface area contributed by atoms with E-state index in [-0.39, 0.29) is 0 Å². The third-order valence-corrected chi connectivity index (χ3v) is 1.88. The normalized spacial score (nSPS) is 11.2. The van der Waals surface area contributed by atoms with Crippen molar-refractivity contribution in [1.29, 1.82) is 0 Å². The summed E-state index contributed by atoms with van der Waals surface area (Å²) in [7, 11) is 0. The average Bonchev–Trinajstić information content (AvgIpc) is 2.27. The van der Waals surface area contributed by atoms with E-state index in [0.717, 1.165) is 18.2 Å². The predicted octanol–water partition coefficient (Wildman–Crippen LogP) is 2.18. The molecule has 0 aliphatic carbocycles. The highest BCUT2D eigenvalue weighted by Crippen LogP contribution is 2.23. The molecular formula is C10H6F4O2. The Bertz CT molecular complexity index is 429. The van der Waals surface area contributed by atoms with Gasteiger partial charge in [-0.2, -0.15) is 8.78 Å². The summed E-state index contributed by atoms with van der Waals surface area (Å²) in [6.45, 7) is -1.98. The van der Waals surface area contributed by atoms with Crippen LogP contribution in [0, 0.1) is 5.82 Å². The maximum Gasteiger partial charge on any atom is 0.369 e. The first-order valence-corrected chi connectivity index (χ1v) is 4.17. The maximum atomic E-state index is 13.0. The van der Waals surface area contributed by atoms with Crippen molar-refractivity contribution >= 4 is 11.6 Å². The first kappa shape index (κ1) is 12.4. The lowest BCUT2D eigenvalue weighted by atomic mass is 10.0. The Morgan fingerprint density at radius 2 is 1.75 bits per heavy atom. The maximum absolute atomic E-state index is 13.0. The van der Waals surface area contributed by atoms with Gasteiger partial charge >= 0.3 is 5.92 Å². The minimum Gasteiger partial charge on any atom is -0.289 e. The zero-order chi connectivity index (χ0) is 12.3. The van der Waals surface area contributed by atoms with Crippen molar-refractivity contribution in [2.24, 2.45) is 0 Å². The van der Waals surface area contributed by atoms with Crippen LogP contribution >= 0.6 is 0 Å². The lowest BCUT2D eigenvalue weighted by molar-refractivity contribution is -0.137. The van der Waals surface area contributed by atoms with E-state index in [0.29, 0.717) is 0 Å². The van der Waals surface area contributed by atoms with Gasteiger partial charge in [-0.05, 0) is 12.1 Å². The van der Waals surface area contributed by atoms with Gasteiger partial charge in [-0.1, -0.05) is 12.1 Å². The van der Waals surface area contributed by atoms with E-state index in [1.807, 2.05) is 0 Å². The molecule has 1 aromatic rings. The number of halogens is 4. The van der Waals surface area contributed by atoms with Gasteiger partial charge in [-0.15, -0.1) is 0 Å². The molecule has 1 aromatic carbocycles. The van der Waals surface area contributed by atoms with Crippen LogP contribution < -0.4 is 0 Å². The molecule has 0 saturated carbocycles. The number of rotatable bonds is 4. The first-order chi connectivity index (χ1) is 7.41. The third kappa shape index (κ3) is 2.10. The molecule has 0 bridgehead atoms. The molecule has 0 heterocycles. The Hall–Kier alpha value is -1.72. The van der Waals surface area contributed by atoms with Crippen LogP contribution in [0.5, 0.6) is 0 Å². The zero-order valence-electron chi connectivity index (χ0n) is 7.84. The Morgan fingerprint density at radius 3 is 2.25 bits per heavy atom. The van der Waals surface area contributed by atoms with Crippen LogP contribution in [-0.2, 0) is 4.79 Å². The number of Topliss-reactive ketones (excluding diaryl/α,β-unsaturated/α-hetero) is 2. The number of carbonyl (C=O) groups excluding carboxylic acids is 2. The molecule has 0 atom stereocenters. The van der Waals surface area contributed by atoms with Gasteiger partial charge in [-0.3, -0.25) is 9.59 Å². The lowest BCUT2D eigenvalue weighted by Crippen LogP contribution is -2.39. The van der Waals surface area contributed by atoms with Crippen LogP contribution in [0.2, 0.25) is 0 Å². The number of benzene rings is 1. The quantitative estimate of drug-likeness (QED) is 0.454. The molecule has 86 valence electrons. The van der Waals surface area contributed by atoms with Gasteiger partial charge in [0.25, 0.3) is 0 Å². The molecule has 1 rings (SSSR count). The highest BCUT2D eigenvalue weighted by atomic mass is 19.3. The van der Waals surface area contributed by atoms with Crippen molar-refractivity contribution in [1.82, 2.24) is 0 Å². The van der Waals surface area contributed by atoms with Gasteiger partial charge < -0.3 is 0 Å². The number of alkyl halides is 3. The number of carbonyl (C=O) groups is 2. The molecule has 0 spiro atoms. The second kappa shape index (κ2) is 4.42. The van der Waals surface area contributed by atoms with E-state index in [9.17, 15) is 27.2 Å². The second-order valence-corrected chi connectivity index (χ2v) is 2.94. The first-order valence-electron chi connectivity index (χ1n) is 4.17. The fraction of sp³-hybridized carbons (Fsp3) is 0.200. The number of hydrogen-bond acceptors (Lipinski definition) is 2. The van der Waals surface area contributed by atoms with Gasteiger partial charge in [0, 0.05) is 0 Å². The Balaban J connectivity index is 3.12. The topological polar surface area (TPSA) is 34.1 Å². The summed E-state index contributed by atoms with van der Waals surface area (Å²) in [5, 5.41) is 0. The summed E-state index contributed by atoms with van der Waals surface area (Å²) in [5.74, 6) is -9.93. The SMILES string of the molecule is O=C(CF)C(F)(F)C(=O)c1ccccc1F. The molecule has 0 fully saturated rings. The number of hydrogen-bond donors (Lipinski definition) is 0. The van der Waals surface area contributed by atoms with Crippen molar-refractivity contribution in [2.75, 3.05) is 6.67 Å². The van der Waals surface area contributed by atoms with Crippen LogP contribution in [-0.4, -0.2) is 24.2 Å².